The van der Waals surface area contributed by atoms with Gasteiger partial charge in [0.05, 0.1) is 6.10 Å². The van der Waals surface area contributed by atoms with E-state index in [1.54, 1.807) is 6.92 Å². The number of aliphatic hydroxyl groups is 2. The van der Waals surface area contributed by atoms with Gasteiger partial charge >= 0.3 is 11.9 Å². The topological polar surface area (TPSA) is 110 Å². The van der Waals surface area contributed by atoms with E-state index in [1.807, 2.05) is 20.8 Å². The van der Waals surface area contributed by atoms with Crippen LogP contribution in [0.25, 0.3) is 0 Å². The average Bonchev–Trinajstić information content (AvgIpc) is 2.64. The largest absolute Gasteiger partial charge is 0.462 e. The van der Waals surface area contributed by atoms with Gasteiger partial charge in [-0.05, 0) is 41.9 Å². The maximum atomic E-state index is 13.0. The molecule has 7 heteroatoms. The van der Waals surface area contributed by atoms with Gasteiger partial charge in [0.25, 0.3) is 0 Å². The normalized spacial score (nSPS) is 39.9. The van der Waals surface area contributed by atoms with Crippen LogP contribution in [0.1, 0.15) is 60.8 Å². The van der Waals surface area contributed by atoms with Gasteiger partial charge in [0.15, 0.2) is 11.9 Å². The molecule has 7 unspecified atom stereocenters. The van der Waals surface area contributed by atoms with E-state index >= 15 is 0 Å². The van der Waals surface area contributed by atoms with E-state index in [2.05, 4.69) is 6.58 Å². The van der Waals surface area contributed by atoms with Crippen LogP contribution >= 0.6 is 0 Å². The number of fused-ring (bicyclic) bond motifs is 3. The fourth-order valence-corrected chi connectivity index (χ4v) is 6.27. The molecule has 2 fully saturated rings. The average molecular weight is 435 g/mol. The molecule has 172 valence electrons. The summed E-state index contributed by atoms with van der Waals surface area (Å²) in [7, 11) is 0. The Morgan fingerprint density at radius 1 is 1.10 bits per heavy atom. The van der Waals surface area contributed by atoms with Crippen molar-refractivity contribution in [1.82, 2.24) is 0 Å². The highest BCUT2D eigenvalue weighted by Crippen LogP contribution is 2.59. The summed E-state index contributed by atoms with van der Waals surface area (Å²) >= 11 is 0. The Balaban J connectivity index is 2.33. The molecule has 7 atom stereocenters. The molecule has 2 N–H and O–H groups in total. The fraction of sp³-hybridized carbons (Fsp3) is 0.708. The lowest BCUT2D eigenvalue weighted by Gasteiger charge is -2.58. The molecule has 0 amide bonds. The van der Waals surface area contributed by atoms with Crippen LogP contribution in [0.2, 0.25) is 0 Å². The van der Waals surface area contributed by atoms with Gasteiger partial charge in [-0.3, -0.25) is 14.4 Å². The van der Waals surface area contributed by atoms with E-state index in [0.717, 1.165) is 0 Å². The van der Waals surface area contributed by atoms with Gasteiger partial charge in [-0.2, -0.15) is 0 Å². The molecule has 0 aromatic rings. The molecule has 0 spiro atoms. The summed E-state index contributed by atoms with van der Waals surface area (Å²) in [6, 6.07) is 0. The summed E-state index contributed by atoms with van der Waals surface area (Å²) in [5.74, 6) is -2.22. The first-order valence-electron chi connectivity index (χ1n) is 10.9. The highest BCUT2D eigenvalue weighted by atomic mass is 16.6. The van der Waals surface area contributed by atoms with Crippen LogP contribution in [-0.4, -0.2) is 52.4 Å². The molecule has 3 rings (SSSR count). The summed E-state index contributed by atoms with van der Waals surface area (Å²) in [5.41, 5.74) is -0.0890. The molecule has 0 aromatic heterocycles. The Morgan fingerprint density at radius 3 is 2.23 bits per heavy atom. The van der Waals surface area contributed by atoms with E-state index in [0.29, 0.717) is 29.6 Å². The van der Waals surface area contributed by atoms with Crippen molar-refractivity contribution in [2.45, 2.75) is 85.2 Å². The molecule has 0 heterocycles. The van der Waals surface area contributed by atoms with E-state index in [4.69, 9.17) is 9.47 Å². The highest BCUT2D eigenvalue weighted by molar-refractivity contribution is 5.97. The van der Waals surface area contributed by atoms with E-state index < -0.39 is 59.0 Å². The molecule has 0 saturated heterocycles. The Hall–Kier alpha value is -1.99. The van der Waals surface area contributed by atoms with Crippen LogP contribution in [-0.2, 0) is 23.9 Å². The summed E-state index contributed by atoms with van der Waals surface area (Å²) in [4.78, 5) is 37.2. The Labute approximate surface area is 183 Å². The number of aliphatic hydroxyl groups excluding tert-OH is 2. The van der Waals surface area contributed by atoms with Gasteiger partial charge in [0.2, 0.25) is 0 Å². The van der Waals surface area contributed by atoms with Crippen LogP contribution in [0.4, 0.5) is 0 Å². The minimum absolute atomic E-state index is 0.133. The molecular formula is C24H34O7. The first-order valence-corrected chi connectivity index (χ1v) is 10.9. The van der Waals surface area contributed by atoms with Gasteiger partial charge in [0.1, 0.15) is 12.2 Å². The number of hydrogen-bond donors (Lipinski definition) is 2. The summed E-state index contributed by atoms with van der Waals surface area (Å²) in [6.45, 7) is 14.1. The maximum Gasteiger partial charge on any atom is 0.303 e. The van der Waals surface area contributed by atoms with Gasteiger partial charge in [-0.1, -0.05) is 27.4 Å². The second kappa shape index (κ2) is 7.85. The van der Waals surface area contributed by atoms with Gasteiger partial charge in [-0.15, -0.1) is 0 Å². The van der Waals surface area contributed by atoms with Crippen LogP contribution in [0.15, 0.2) is 23.3 Å². The van der Waals surface area contributed by atoms with Crippen molar-refractivity contribution in [2.24, 2.45) is 22.7 Å². The smallest absolute Gasteiger partial charge is 0.303 e. The third-order valence-corrected chi connectivity index (χ3v) is 7.91. The number of esters is 2. The third kappa shape index (κ3) is 3.65. The molecule has 0 aromatic carbocycles. The molecule has 3 aliphatic carbocycles. The second-order valence-corrected chi connectivity index (χ2v) is 10.2. The van der Waals surface area contributed by atoms with Crippen LogP contribution < -0.4 is 0 Å². The van der Waals surface area contributed by atoms with Gasteiger partial charge in [-0.25, -0.2) is 0 Å². The van der Waals surface area contributed by atoms with E-state index in [1.165, 1.54) is 13.8 Å². The van der Waals surface area contributed by atoms with Crippen molar-refractivity contribution in [2.75, 3.05) is 0 Å². The molecule has 7 nitrogen and oxygen atoms in total. The number of hydrogen-bond acceptors (Lipinski definition) is 7. The summed E-state index contributed by atoms with van der Waals surface area (Å²) in [5, 5.41) is 22.3. The number of carbonyl (C=O) groups is 3. The minimum atomic E-state index is -1.18. The Kier molecular flexibility index (Phi) is 6.00. The van der Waals surface area contributed by atoms with Crippen molar-refractivity contribution >= 4 is 17.7 Å². The van der Waals surface area contributed by atoms with E-state index in [9.17, 15) is 24.6 Å². The first-order chi connectivity index (χ1) is 14.2. The predicted molar refractivity (Wildman–Crippen MR) is 113 cm³/mol. The minimum Gasteiger partial charge on any atom is -0.462 e. The molecular weight excluding hydrogens is 400 g/mol. The lowest BCUT2D eigenvalue weighted by Crippen LogP contribution is -2.63. The zero-order valence-corrected chi connectivity index (χ0v) is 19.2. The number of ketones is 1. The van der Waals surface area contributed by atoms with Crippen LogP contribution in [0.5, 0.6) is 0 Å². The molecule has 0 radical (unpaired) electrons. The number of carbonyl (C=O) groups excluding carboxylic acids is 3. The number of Topliss-reactive ketones (excluding diaryl/α,β-unsaturated/α-hetero) is 1. The predicted octanol–water partition coefficient (Wildman–Crippen LogP) is 2.49. The number of rotatable bonds is 2. The van der Waals surface area contributed by atoms with Crippen molar-refractivity contribution in [3.05, 3.63) is 23.3 Å². The third-order valence-electron chi connectivity index (χ3n) is 7.91. The Bertz CT molecular complexity index is 854. The lowest BCUT2D eigenvalue weighted by molar-refractivity contribution is -0.188. The fourth-order valence-electron chi connectivity index (χ4n) is 6.27. The molecule has 3 aliphatic rings. The lowest BCUT2D eigenvalue weighted by atomic mass is 9.49. The SMILES string of the molecule is C=C1C(O)CCC2(C)C(O)C(OC(C)=O)C3=C(C)C(=O)CC(C(OC(C)=O)C12)C3(C)C. The zero-order valence-electron chi connectivity index (χ0n) is 19.2. The maximum absolute atomic E-state index is 13.0. The van der Waals surface area contributed by atoms with Crippen molar-refractivity contribution in [3.8, 4) is 0 Å². The summed E-state index contributed by atoms with van der Waals surface area (Å²) < 4.78 is 11.5. The zero-order chi connectivity index (χ0) is 23.5. The molecule has 2 bridgehead atoms. The number of ether oxygens (including phenoxy) is 2. The molecule has 2 saturated carbocycles. The van der Waals surface area contributed by atoms with Gasteiger partial charge in [0, 0.05) is 37.5 Å². The van der Waals surface area contributed by atoms with Gasteiger partial charge < -0.3 is 19.7 Å². The Morgan fingerprint density at radius 2 is 1.68 bits per heavy atom. The quantitative estimate of drug-likeness (QED) is 0.507. The summed E-state index contributed by atoms with van der Waals surface area (Å²) in [6.07, 6.45) is -2.82. The van der Waals surface area contributed by atoms with Crippen molar-refractivity contribution in [3.63, 3.8) is 0 Å². The highest BCUT2D eigenvalue weighted by Gasteiger charge is 2.62. The first kappa shape index (κ1) is 23.7. The van der Waals surface area contributed by atoms with Crippen molar-refractivity contribution < 1.29 is 34.1 Å². The monoisotopic (exact) mass is 434 g/mol. The molecule has 0 aliphatic heterocycles. The van der Waals surface area contributed by atoms with Crippen LogP contribution in [0, 0.1) is 22.7 Å². The molecule has 31 heavy (non-hydrogen) atoms. The number of allylic oxidation sites excluding steroid dienone is 1. The van der Waals surface area contributed by atoms with E-state index in [-0.39, 0.29) is 12.2 Å². The second-order valence-electron chi connectivity index (χ2n) is 10.2. The van der Waals surface area contributed by atoms with Crippen LogP contribution in [0.3, 0.4) is 0 Å². The van der Waals surface area contributed by atoms with Crippen molar-refractivity contribution in [1.29, 1.82) is 0 Å². The standard InChI is InChI=1S/C24H34O7/c1-11-16(27)8-9-24(7)19(11)20(30-13(3)25)15-10-17(28)12(2)18(23(15,5)6)21(22(24)29)31-14(4)26/h15-16,19-22,27,29H,1,8-10H2,2-7H3.